The summed E-state index contributed by atoms with van der Waals surface area (Å²) in [5, 5.41) is 0. The molecule has 0 amide bonds. The highest BCUT2D eigenvalue weighted by Gasteiger charge is 2.29. The van der Waals surface area contributed by atoms with Gasteiger partial charge in [-0.05, 0) is 61.7 Å². The van der Waals surface area contributed by atoms with Gasteiger partial charge in [0.2, 0.25) is 10.0 Å². The van der Waals surface area contributed by atoms with Crippen LogP contribution in [0.2, 0.25) is 0 Å². The van der Waals surface area contributed by atoms with E-state index in [9.17, 15) is 16.8 Å². The fourth-order valence-corrected chi connectivity index (χ4v) is 5.62. The Morgan fingerprint density at radius 1 is 1.14 bits per heavy atom. The summed E-state index contributed by atoms with van der Waals surface area (Å²) in [6, 6.07) is 11.2. The lowest BCUT2D eigenvalue weighted by molar-refractivity contribution is 0.317. The second-order valence-electron chi connectivity index (χ2n) is 6.67. The molecular weight excluding hydrogens is 400 g/mol. The van der Waals surface area contributed by atoms with Gasteiger partial charge in [0.05, 0.1) is 28.6 Å². The molecule has 0 radical (unpaired) electrons. The Kier molecular flexibility index (Phi) is 5.85. The molecule has 1 aliphatic rings. The van der Waals surface area contributed by atoms with E-state index in [4.69, 9.17) is 4.74 Å². The van der Waals surface area contributed by atoms with Crippen molar-refractivity contribution >= 4 is 31.4 Å². The van der Waals surface area contributed by atoms with E-state index in [0.29, 0.717) is 42.3 Å². The molecule has 1 fully saturated rings. The lowest BCUT2D eigenvalue weighted by Crippen LogP contribution is -2.25. The van der Waals surface area contributed by atoms with Crippen LogP contribution in [0.15, 0.2) is 47.4 Å². The molecule has 152 valence electrons. The molecule has 2 aromatic rings. The molecule has 7 nitrogen and oxygen atoms in total. The van der Waals surface area contributed by atoms with Gasteiger partial charge in [0.1, 0.15) is 5.75 Å². The summed E-state index contributed by atoms with van der Waals surface area (Å²) in [6.45, 7) is 4.72. The number of ether oxygens (including phenoxy) is 1. The molecule has 0 aromatic heterocycles. The minimum Gasteiger partial charge on any atom is -0.494 e. The predicted molar refractivity (Wildman–Crippen MR) is 110 cm³/mol. The first kappa shape index (κ1) is 20.5. The van der Waals surface area contributed by atoms with Crippen LogP contribution >= 0.6 is 0 Å². The van der Waals surface area contributed by atoms with Gasteiger partial charge >= 0.3 is 0 Å². The predicted octanol–water partition coefficient (Wildman–Crippen LogP) is 3.12. The van der Waals surface area contributed by atoms with Crippen molar-refractivity contribution in [3.05, 3.63) is 48.0 Å². The molecule has 0 unspecified atom stereocenters. The highest BCUT2D eigenvalue weighted by Crippen LogP contribution is 2.30. The maximum Gasteiger partial charge on any atom is 0.261 e. The lowest BCUT2D eigenvalue weighted by Gasteiger charge is -2.19. The van der Waals surface area contributed by atoms with Crippen LogP contribution in [0.3, 0.4) is 0 Å². The highest BCUT2D eigenvalue weighted by atomic mass is 32.2. The van der Waals surface area contributed by atoms with Gasteiger partial charge in [-0.1, -0.05) is 13.0 Å². The molecular formula is C19H24N2O5S2. The van der Waals surface area contributed by atoms with Gasteiger partial charge in [0.15, 0.2) is 0 Å². The molecule has 2 aromatic carbocycles. The number of hydrogen-bond acceptors (Lipinski definition) is 5. The Bertz CT molecular complexity index is 1050. The number of hydrogen-bond donors (Lipinski definition) is 1. The van der Waals surface area contributed by atoms with Crippen molar-refractivity contribution in [1.29, 1.82) is 0 Å². The molecule has 1 N–H and O–H groups in total. The SMILES string of the molecule is CCCOc1ccc(S(=O)(=O)Nc2cc(N3CCCS3(=O)=O)ccc2C)cc1. The smallest absolute Gasteiger partial charge is 0.261 e. The first-order valence-corrected chi connectivity index (χ1v) is 12.2. The molecule has 1 saturated heterocycles. The third kappa shape index (κ3) is 4.41. The van der Waals surface area contributed by atoms with Crippen molar-refractivity contribution in [3.8, 4) is 5.75 Å². The number of nitrogens with zero attached hydrogens (tertiary/aromatic N) is 1. The molecule has 0 spiro atoms. The van der Waals surface area contributed by atoms with Crippen LogP contribution in [0.4, 0.5) is 11.4 Å². The molecule has 0 aliphatic carbocycles. The Labute approximate surface area is 166 Å². The average molecular weight is 425 g/mol. The van der Waals surface area contributed by atoms with E-state index in [1.54, 1.807) is 37.3 Å². The first-order valence-electron chi connectivity index (χ1n) is 9.10. The lowest BCUT2D eigenvalue weighted by atomic mass is 10.2. The maximum absolute atomic E-state index is 12.8. The third-order valence-corrected chi connectivity index (χ3v) is 7.71. The fraction of sp³-hybridized carbons (Fsp3) is 0.368. The molecule has 9 heteroatoms. The second-order valence-corrected chi connectivity index (χ2v) is 10.4. The molecule has 0 bridgehead atoms. The maximum atomic E-state index is 12.8. The average Bonchev–Trinajstić information content (AvgIpc) is 3.01. The Balaban J connectivity index is 1.85. The fourth-order valence-electron chi connectivity index (χ4n) is 2.94. The van der Waals surface area contributed by atoms with E-state index in [1.165, 1.54) is 16.4 Å². The topological polar surface area (TPSA) is 92.8 Å². The first-order chi connectivity index (χ1) is 13.2. The van der Waals surface area contributed by atoms with Crippen molar-refractivity contribution < 1.29 is 21.6 Å². The van der Waals surface area contributed by atoms with Crippen LogP contribution in [0.5, 0.6) is 5.75 Å². The Hall–Kier alpha value is -2.26. The number of nitrogens with one attached hydrogen (secondary N) is 1. The molecule has 1 aliphatic heterocycles. The molecule has 28 heavy (non-hydrogen) atoms. The summed E-state index contributed by atoms with van der Waals surface area (Å²) < 4.78 is 59.2. The van der Waals surface area contributed by atoms with Gasteiger partial charge < -0.3 is 4.74 Å². The van der Waals surface area contributed by atoms with Gasteiger partial charge in [-0.2, -0.15) is 0 Å². The summed E-state index contributed by atoms with van der Waals surface area (Å²) in [5.41, 5.74) is 1.52. The van der Waals surface area contributed by atoms with Crippen molar-refractivity contribution in [3.63, 3.8) is 0 Å². The monoisotopic (exact) mass is 424 g/mol. The minimum absolute atomic E-state index is 0.106. The summed E-state index contributed by atoms with van der Waals surface area (Å²) in [7, 11) is -7.15. The van der Waals surface area contributed by atoms with Gasteiger partial charge in [-0.3, -0.25) is 9.03 Å². The summed E-state index contributed by atoms with van der Waals surface area (Å²) in [4.78, 5) is 0.106. The van der Waals surface area contributed by atoms with Crippen molar-refractivity contribution in [1.82, 2.24) is 0 Å². The normalized spacial score (nSPS) is 16.1. The van der Waals surface area contributed by atoms with Gasteiger partial charge in [-0.25, -0.2) is 16.8 Å². The zero-order valence-electron chi connectivity index (χ0n) is 15.9. The summed E-state index contributed by atoms with van der Waals surface area (Å²) in [5.74, 6) is 0.715. The van der Waals surface area contributed by atoms with E-state index in [1.807, 2.05) is 6.92 Å². The van der Waals surface area contributed by atoms with Crippen LogP contribution in [0, 0.1) is 6.92 Å². The van der Waals surface area contributed by atoms with Crippen LogP contribution in [-0.4, -0.2) is 35.7 Å². The number of benzene rings is 2. The molecule has 0 atom stereocenters. The van der Waals surface area contributed by atoms with Gasteiger partial charge in [0, 0.05) is 6.54 Å². The van der Waals surface area contributed by atoms with E-state index in [2.05, 4.69) is 4.72 Å². The van der Waals surface area contributed by atoms with Crippen molar-refractivity contribution in [2.24, 2.45) is 0 Å². The van der Waals surface area contributed by atoms with Crippen molar-refractivity contribution in [2.45, 2.75) is 31.6 Å². The third-order valence-electron chi connectivity index (χ3n) is 4.46. The zero-order chi connectivity index (χ0) is 20.4. The summed E-state index contributed by atoms with van der Waals surface area (Å²) in [6.07, 6.45) is 1.42. The number of rotatable bonds is 7. The van der Waals surface area contributed by atoms with Crippen LogP contribution < -0.4 is 13.8 Å². The summed E-state index contributed by atoms with van der Waals surface area (Å²) >= 11 is 0. The minimum atomic E-state index is -3.82. The highest BCUT2D eigenvalue weighted by molar-refractivity contribution is 7.93. The van der Waals surface area contributed by atoms with Gasteiger partial charge in [0.25, 0.3) is 10.0 Å². The zero-order valence-corrected chi connectivity index (χ0v) is 17.5. The van der Waals surface area contributed by atoms with E-state index < -0.39 is 20.0 Å². The standard InChI is InChI=1S/C19H24N2O5S2/c1-3-12-26-17-7-9-18(10-8-17)28(24,25)20-19-14-16(6-5-15(19)2)21-11-4-13-27(21,22)23/h5-10,14,20H,3-4,11-13H2,1-2H3. The quantitative estimate of drug-likeness (QED) is 0.737. The second kappa shape index (κ2) is 8.00. The van der Waals surface area contributed by atoms with Crippen LogP contribution in [0.25, 0.3) is 0 Å². The van der Waals surface area contributed by atoms with E-state index in [-0.39, 0.29) is 10.6 Å². The number of aryl methyl sites for hydroxylation is 1. The molecule has 3 rings (SSSR count). The van der Waals surface area contributed by atoms with Crippen molar-refractivity contribution in [2.75, 3.05) is 27.9 Å². The Morgan fingerprint density at radius 2 is 1.86 bits per heavy atom. The van der Waals surface area contributed by atoms with E-state index >= 15 is 0 Å². The van der Waals surface area contributed by atoms with Crippen LogP contribution in [0.1, 0.15) is 25.3 Å². The molecule has 1 heterocycles. The number of anilines is 2. The molecule has 0 saturated carbocycles. The Morgan fingerprint density at radius 3 is 2.46 bits per heavy atom. The number of sulfonamides is 2. The largest absolute Gasteiger partial charge is 0.494 e. The van der Waals surface area contributed by atoms with E-state index in [0.717, 1.165) is 6.42 Å². The van der Waals surface area contributed by atoms with Gasteiger partial charge in [-0.15, -0.1) is 0 Å². The van der Waals surface area contributed by atoms with Crippen LogP contribution in [-0.2, 0) is 20.0 Å².